The summed E-state index contributed by atoms with van der Waals surface area (Å²) in [6.45, 7) is 0.350. The first kappa shape index (κ1) is 19.4. The highest BCUT2D eigenvalue weighted by molar-refractivity contribution is 6.31. The Kier molecular flexibility index (Phi) is 4.96. The topological polar surface area (TPSA) is 68.4 Å². The van der Waals surface area contributed by atoms with Crippen molar-refractivity contribution >= 4 is 28.5 Å². The van der Waals surface area contributed by atoms with E-state index in [0.717, 1.165) is 16.5 Å². The molecule has 0 saturated heterocycles. The zero-order valence-corrected chi connectivity index (χ0v) is 17.2. The van der Waals surface area contributed by atoms with Crippen molar-refractivity contribution in [1.29, 1.82) is 0 Å². The number of halogens is 1. The highest BCUT2D eigenvalue weighted by atomic mass is 35.5. The summed E-state index contributed by atoms with van der Waals surface area (Å²) in [7, 11) is 0. The molecule has 1 aliphatic heterocycles. The number of carbonyl (C=O) groups excluding carboxylic acids is 1. The van der Waals surface area contributed by atoms with Gasteiger partial charge in [-0.3, -0.25) is 9.59 Å². The largest absolute Gasteiger partial charge is 0.489 e. The van der Waals surface area contributed by atoms with Gasteiger partial charge in [-0.05, 0) is 35.9 Å². The van der Waals surface area contributed by atoms with E-state index in [1.54, 1.807) is 6.07 Å². The smallest absolute Gasteiger partial charge is 0.312 e. The lowest BCUT2D eigenvalue weighted by atomic mass is 9.86. The summed E-state index contributed by atoms with van der Waals surface area (Å²) < 4.78 is 11.3. The predicted molar refractivity (Wildman–Crippen MR) is 119 cm³/mol. The van der Waals surface area contributed by atoms with Crippen LogP contribution >= 0.6 is 11.6 Å². The molecule has 0 radical (unpaired) electrons. The van der Waals surface area contributed by atoms with Gasteiger partial charge in [0.25, 0.3) is 5.56 Å². The van der Waals surface area contributed by atoms with Crippen molar-refractivity contribution in [3.05, 3.63) is 105 Å². The van der Waals surface area contributed by atoms with Crippen molar-refractivity contribution in [3.8, 4) is 11.5 Å². The molecule has 0 amide bonds. The molecule has 2 heterocycles. The van der Waals surface area contributed by atoms with Crippen molar-refractivity contribution in [3.63, 3.8) is 0 Å². The summed E-state index contributed by atoms with van der Waals surface area (Å²) in [5.41, 5.74) is 2.62. The summed E-state index contributed by atoms with van der Waals surface area (Å²) in [6, 6.07) is 22.3. The van der Waals surface area contributed by atoms with Crippen LogP contribution in [0.3, 0.4) is 0 Å². The Labute approximate surface area is 183 Å². The zero-order chi connectivity index (χ0) is 21.4. The van der Waals surface area contributed by atoms with E-state index >= 15 is 0 Å². The van der Waals surface area contributed by atoms with E-state index in [9.17, 15) is 9.59 Å². The predicted octanol–water partition coefficient (Wildman–Crippen LogP) is 5.20. The number of para-hydroxylation sites is 1. The van der Waals surface area contributed by atoms with Crippen LogP contribution in [0.25, 0.3) is 10.9 Å². The number of benzene rings is 3. The molecule has 0 aliphatic carbocycles. The number of ether oxygens (including phenoxy) is 2. The van der Waals surface area contributed by atoms with Crippen LogP contribution in [0.2, 0.25) is 5.02 Å². The van der Waals surface area contributed by atoms with E-state index in [-0.39, 0.29) is 23.9 Å². The minimum Gasteiger partial charge on any atom is -0.489 e. The SMILES string of the molecule is O=C1C[C@H](c2ccc(OCc3ccccc3Cl)cc2)c2c(c3ccccc3[nH]c2=O)O1. The zero-order valence-electron chi connectivity index (χ0n) is 16.4. The van der Waals surface area contributed by atoms with Gasteiger partial charge in [-0.1, -0.05) is 54.1 Å². The van der Waals surface area contributed by atoms with Gasteiger partial charge in [-0.25, -0.2) is 0 Å². The number of fused-ring (bicyclic) bond motifs is 3. The standard InChI is InChI=1S/C25H18ClNO4/c26-20-7-3-1-5-16(20)14-30-17-11-9-15(10-12-17)19-13-22(28)31-24-18-6-2-4-8-21(18)27-25(29)23(19)24/h1-12,19H,13-14H2,(H,27,29)/t19-/m1/s1. The Balaban J connectivity index is 1.46. The molecule has 5 rings (SSSR count). The molecule has 0 spiro atoms. The highest BCUT2D eigenvalue weighted by Crippen LogP contribution is 2.40. The third kappa shape index (κ3) is 3.68. The molecule has 5 nitrogen and oxygen atoms in total. The fourth-order valence-corrected chi connectivity index (χ4v) is 4.13. The van der Waals surface area contributed by atoms with Crippen LogP contribution in [-0.4, -0.2) is 11.0 Å². The Morgan fingerprint density at radius 2 is 1.71 bits per heavy atom. The normalized spacial score (nSPS) is 15.4. The molecule has 3 aromatic carbocycles. The van der Waals surface area contributed by atoms with Crippen LogP contribution in [0.4, 0.5) is 0 Å². The molecule has 1 aliphatic rings. The number of aromatic amines is 1. The van der Waals surface area contributed by atoms with E-state index in [4.69, 9.17) is 21.1 Å². The quantitative estimate of drug-likeness (QED) is 0.451. The monoisotopic (exact) mass is 431 g/mol. The summed E-state index contributed by atoms with van der Waals surface area (Å²) in [5, 5.41) is 1.37. The summed E-state index contributed by atoms with van der Waals surface area (Å²) >= 11 is 6.18. The van der Waals surface area contributed by atoms with Crippen LogP contribution in [0.15, 0.2) is 77.6 Å². The van der Waals surface area contributed by atoms with E-state index in [0.29, 0.717) is 34.2 Å². The summed E-state index contributed by atoms with van der Waals surface area (Å²) in [5.74, 6) is 0.281. The van der Waals surface area contributed by atoms with Gasteiger partial charge in [0.2, 0.25) is 0 Å². The lowest BCUT2D eigenvalue weighted by molar-refractivity contribution is -0.135. The number of H-pyrrole nitrogens is 1. The van der Waals surface area contributed by atoms with Gasteiger partial charge < -0.3 is 14.5 Å². The first-order valence-corrected chi connectivity index (χ1v) is 10.3. The molecule has 6 heteroatoms. The minimum atomic E-state index is -0.387. The highest BCUT2D eigenvalue weighted by Gasteiger charge is 2.32. The van der Waals surface area contributed by atoms with Gasteiger partial charge in [-0.15, -0.1) is 0 Å². The Bertz CT molecular complexity index is 1340. The first-order chi connectivity index (χ1) is 15.1. The second-order valence-electron chi connectivity index (χ2n) is 7.42. The van der Waals surface area contributed by atoms with E-state index in [1.807, 2.05) is 66.7 Å². The maximum Gasteiger partial charge on any atom is 0.312 e. The lowest BCUT2D eigenvalue weighted by Crippen LogP contribution is -2.28. The molecular weight excluding hydrogens is 414 g/mol. The van der Waals surface area contributed by atoms with Crippen LogP contribution in [0, 0.1) is 0 Å². The van der Waals surface area contributed by atoms with Gasteiger partial charge in [0.1, 0.15) is 18.1 Å². The van der Waals surface area contributed by atoms with Crippen LogP contribution in [0.5, 0.6) is 11.5 Å². The molecule has 1 aromatic heterocycles. The van der Waals surface area contributed by atoms with Gasteiger partial charge >= 0.3 is 5.97 Å². The molecular formula is C25H18ClNO4. The van der Waals surface area contributed by atoms with Crippen molar-refractivity contribution < 1.29 is 14.3 Å². The van der Waals surface area contributed by atoms with Crippen molar-refractivity contribution in [2.45, 2.75) is 18.9 Å². The number of aromatic nitrogens is 1. The van der Waals surface area contributed by atoms with Crippen molar-refractivity contribution in [2.24, 2.45) is 0 Å². The van der Waals surface area contributed by atoms with Crippen LogP contribution in [0.1, 0.15) is 29.0 Å². The first-order valence-electron chi connectivity index (χ1n) is 9.92. The maximum absolute atomic E-state index is 12.8. The van der Waals surface area contributed by atoms with Gasteiger partial charge in [0.05, 0.1) is 17.5 Å². The molecule has 154 valence electrons. The molecule has 0 unspecified atom stereocenters. The van der Waals surface area contributed by atoms with Crippen molar-refractivity contribution in [1.82, 2.24) is 4.98 Å². The molecule has 0 fully saturated rings. The molecule has 0 bridgehead atoms. The fourth-order valence-electron chi connectivity index (χ4n) is 3.94. The molecule has 1 N–H and O–H groups in total. The number of esters is 1. The van der Waals surface area contributed by atoms with E-state index in [1.165, 1.54) is 0 Å². The number of rotatable bonds is 4. The van der Waals surface area contributed by atoms with Gasteiger partial charge in [-0.2, -0.15) is 0 Å². The molecule has 4 aromatic rings. The lowest BCUT2D eigenvalue weighted by Gasteiger charge is -2.25. The third-order valence-corrected chi connectivity index (χ3v) is 5.85. The van der Waals surface area contributed by atoms with Gasteiger partial charge in [0, 0.05) is 21.9 Å². The number of pyridine rings is 1. The van der Waals surface area contributed by atoms with E-state index in [2.05, 4.69) is 4.98 Å². The Hall–Kier alpha value is -3.57. The minimum absolute atomic E-state index is 0.105. The second-order valence-corrected chi connectivity index (χ2v) is 7.83. The molecule has 1 atom stereocenters. The van der Waals surface area contributed by atoms with Gasteiger partial charge in [0.15, 0.2) is 0 Å². The summed E-state index contributed by atoms with van der Waals surface area (Å²) in [4.78, 5) is 28.1. The van der Waals surface area contributed by atoms with Crippen molar-refractivity contribution in [2.75, 3.05) is 0 Å². The molecule has 0 saturated carbocycles. The second kappa shape index (κ2) is 7.93. The summed E-state index contributed by atoms with van der Waals surface area (Å²) in [6.07, 6.45) is 0.105. The maximum atomic E-state index is 12.8. The third-order valence-electron chi connectivity index (χ3n) is 5.48. The average Bonchev–Trinajstić information content (AvgIpc) is 2.78. The number of hydrogen-bond donors (Lipinski definition) is 1. The molecule has 31 heavy (non-hydrogen) atoms. The number of nitrogens with one attached hydrogen (secondary N) is 1. The number of hydrogen-bond acceptors (Lipinski definition) is 4. The van der Waals surface area contributed by atoms with Crippen LogP contribution < -0.4 is 15.0 Å². The Morgan fingerprint density at radius 1 is 0.968 bits per heavy atom. The van der Waals surface area contributed by atoms with Crippen LogP contribution in [-0.2, 0) is 11.4 Å². The average molecular weight is 432 g/mol. The fraction of sp³-hybridized carbons (Fsp3) is 0.120. The van der Waals surface area contributed by atoms with E-state index < -0.39 is 0 Å². The number of carbonyl (C=O) groups is 1. The Morgan fingerprint density at radius 3 is 2.52 bits per heavy atom.